The summed E-state index contributed by atoms with van der Waals surface area (Å²) in [5, 5.41) is 3.08. The van der Waals surface area contributed by atoms with E-state index in [0.29, 0.717) is 29.5 Å². The lowest BCUT2D eigenvalue weighted by molar-refractivity contribution is 0.0730. The molecule has 10 heteroatoms. The van der Waals surface area contributed by atoms with Crippen molar-refractivity contribution in [1.82, 2.24) is 4.31 Å². The van der Waals surface area contributed by atoms with Crippen LogP contribution in [0.3, 0.4) is 0 Å². The lowest BCUT2D eigenvalue weighted by Gasteiger charge is -2.26. The Bertz CT molecular complexity index is 1050. The van der Waals surface area contributed by atoms with Gasteiger partial charge in [0.1, 0.15) is 5.75 Å². The van der Waals surface area contributed by atoms with Crippen molar-refractivity contribution in [2.75, 3.05) is 37.9 Å². The summed E-state index contributed by atoms with van der Waals surface area (Å²) < 4.78 is 38.5. The van der Waals surface area contributed by atoms with Crippen molar-refractivity contribution in [2.45, 2.75) is 29.7 Å². The molecule has 0 radical (unpaired) electrons. The Morgan fingerprint density at radius 2 is 1.90 bits per heavy atom. The highest BCUT2D eigenvalue weighted by Crippen LogP contribution is 2.32. The van der Waals surface area contributed by atoms with E-state index in [4.69, 9.17) is 21.1 Å². The zero-order chi connectivity index (χ0) is 22.6. The zero-order valence-corrected chi connectivity index (χ0v) is 19.9. The molecule has 0 saturated carbocycles. The number of thioether (sulfide) groups is 1. The van der Waals surface area contributed by atoms with Crippen LogP contribution in [0.15, 0.2) is 46.2 Å². The number of anilines is 1. The van der Waals surface area contributed by atoms with E-state index in [-0.39, 0.29) is 29.8 Å². The van der Waals surface area contributed by atoms with Crippen LogP contribution in [0, 0.1) is 0 Å². The van der Waals surface area contributed by atoms with E-state index >= 15 is 0 Å². The van der Waals surface area contributed by atoms with Crippen molar-refractivity contribution in [2.24, 2.45) is 0 Å². The van der Waals surface area contributed by atoms with Gasteiger partial charge < -0.3 is 14.8 Å². The highest BCUT2D eigenvalue weighted by Gasteiger charge is 2.27. The Balaban J connectivity index is 1.97. The van der Waals surface area contributed by atoms with Gasteiger partial charge in [0, 0.05) is 18.0 Å². The molecule has 1 N–H and O–H groups in total. The molecule has 2 aromatic rings. The van der Waals surface area contributed by atoms with Gasteiger partial charge in [0.2, 0.25) is 10.0 Å². The van der Waals surface area contributed by atoms with Gasteiger partial charge in [-0.2, -0.15) is 4.31 Å². The third-order valence-corrected chi connectivity index (χ3v) is 7.54. The van der Waals surface area contributed by atoms with Crippen LogP contribution in [0.1, 0.15) is 24.2 Å². The fraction of sp³-hybridized carbons (Fsp3) is 0.381. The Morgan fingerprint density at radius 1 is 1.19 bits per heavy atom. The first-order valence-electron chi connectivity index (χ1n) is 9.76. The minimum atomic E-state index is -3.73. The standard InChI is InChI=1S/C21H25ClN2O5S2/c1-14(2)29-20-7-5-16(31(26,27)24-8-10-28-11-9-24)13-19(20)23-21(25)17-12-15(30-3)4-6-18(17)22/h4-7,12-14H,8-11H2,1-3H3,(H,23,25). The second-order valence-corrected chi connectivity index (χ2v) is 10.4. The Labute approximate surface area is 192 Å². The summed E-state index contributed by atoms with van der Waals surface area (Å²) in [4.78, 5) is 13.9. The summed E-state index contributed by atoms with van der Waals surface area (Å²) in [5.41, 5.74) is 0.559. The lowest BCUT2D eigenvalue weighted by atomic mass is 10.2. The molecule has 1 heterocycles. The molecule has 3 rings (SSSR count). The quantitative estimate of drug-likeness (QED) is 0.595. The van der Waals surface area contributed by atoms with Gasteiger partial charge >= 0.3 is 0 Å². The molecule has 0 unspecified atom stereocenters. The summed E-state index contributed by atoms with van der Waals surface area (Å²) in [6.07, 6.45) is 1.74. The maximum absolute atomic E-state index is 13.1. The molecule has 31 heavy (non-hydrogen) atoms. The van der Waals surface area contributed by atoms with Crippen LogP contribution < -0.4 is 10.1 Å². The third kappa shape index (κ3) is 5.72. The number of amides is 1. The van der Waals surface area contributed by atoms with Gasteiger partial charge in [0.15, 0.2) is 0 Å². The first-order chi connectivity index (χ1) is 14.7. The normalized spacial score (nSPS) is 15.1. The molecule has 1 fully saturated rings. The van der Waals surface area contributed by atoms with Crippen LogP contribution in [0.25, 0.3) is 0 Å². The second-order valence-electron chi connectivity index (χ2n) is 7.14. The molecule has 0 spiro atoms. The van der Waals surface area contributed by atoms with Crippen molar-refractivity contribution in [3.05, 3.63) is 47.0 Å². The number of morpholine rings is 1. The Kier molecular flexibility index (Phi) is 7.87. The molecule has 0 bridgehead atoms. The van der Waals surface area contributed by atoms with E-state index in [1.807, 2.05) is 26.2 Å². The van der Waals surface area contributed by atoms with Crippen LogP contribution >= 0.6 is 23.4 Å². The van der Waals surface area contributed by atoms with E-state index in [1.165, 1.54) is 28.2 Å². The third-order valence-electron chi connectivity index (χ3n) is 4.59. The van der Waals surface area contributed by atoms with E-state index < -0.39 is 15.9 Å². The van der Waals surface area contributed by atoms with E-state index in [9.17, 15) is 13.2 Å². The molecule has 1 aliphatic rings. The maximum atomic E-state index is 13.1. The largest absolute Gasteiger partial charge is 0.489 e. The highest BCUT2D eigenvalue weighted by molar-refractivity contribution is 7.98. The van der Waals surface area contributed by atoms with Gasteiger partial charge in [-0.25, -0.2) is 8.42 Å². The number of benzene rings is 2. The smallest absolute Gasteiger partial charge is 0.257 e. The molecule has 0 atom stereocenters. The van der Waals surface area contributed by atoms with Gasteiger partial charge in [-0.15, -0.1) is 11.8 Å². The van der Waals surface area contributed by atoms with E-state index in [2.05, 4.69) is 5.32 Å². The average molecular weight is 485 g/mol. The Hall–Kier alpha value is -1.78. The molecule has 168 valence electrons. The molecule has 1 amide bonds. The number of halogens is 1. The van der Waals surface area contributed by atoms with Crippen LogP contribution in [0.4, 0.5) is 5.69 Å². The average Bonchev–Trinajstić information content (AvgIpc) is 2.75. The molecule has 1 saturated heterocycles. The number of ether oxygens (including phenoxy) is 2. The number of hydrogen-bond acceptors (Lipinski definition) is 6. The number of hydrogen-bond donors (Lipinski definition) is 1. The van der Waals surface area contributed by atoms with Crippen molar-refractivity contribution in [1.29, 1.82) is 0 Å². The SMILES string of the molecule is CSc1ccc(Cl)c(C(=O)Nc2cc(S(=O)(=O)N3CCOCC3)ccc2OC(C)C)c1. The van der Waals surface area contributed by atoms with Crippen molar-refractivity contribution in [3.63, 3.8) is 0 Å². The number of sulfonamides is 1. The van der Waals surface area contributed by atoms with Gasteiger partial charge in [-0.05, 0) is 56.5 Å². The minimum absolute atomic E-state index is 0.0739. The summed E-state index contributed by atoms with van der Waals surface area (Å²) in [5.74, 6) is -0.0724. The van der Waals surface area contributed by atoms with Crippen molar-refractivity contribution < 1.29 is 22.7 Å². The number of carbonyl (C=O) groups is 1. The molecular formula is C21H25ClN2O5S2. The highest BCUT2D eigenvalue weighted by atomic mass is 35.5. The summed E-state index contributed by atoms with van der Waals surface area (Å²) in [6.45, 7) is 4.96. The minimum Gasteiger partial charge on any atom is -0.489 e. The van der Waals surface area contributed by atoms with Crippen LogP contribution in [-0.2, 0) is 14.8 Å². The first-order valence-corrected chi connectivity index (χ1v) is 12.8. The number of rotatable bonds is 7. The van der Waals surface area contributed by atoms with Crippen LogP contribution in [-0.4, -0.2) is 57.3 Å². The van der Waals surface area contributed by atoms with Gasteiger partial charge in [-0.3, -0.25) is 4.79 Å². The van der Waals surface area contributed by atoms with E-state index in [0.717, 1.165) is 4.90 Å². The number of nitrogens with zero attached hydrogens (tertiary/aromatic N) is 1. The van der Waals surface area contributed by atoms with Gasteiger partial charge in [0.05, 0.1) is 40.5 Å². The van der Waals surface area contributed by atoms with Crippen molar-refractivity contribution in [3.8, 4) is 5.75 Å². The molecule has 0 aliphatic carbocycles. The van der Waals surface area contributed by atoms with Gasteiger partial charge in [0.25, 0.3) is 5.91 Å². The fourth-order valence-electron chi connectivity index (χ4n) is 3.05. The topological polar surface area (TPSA) is 84.9 Å². The molecule has 2 aromatic carbocycles. The first kappa shape index (κ1) is 23.9. The van der Waals surface area contributed by atoms with Crippen molar-refractivity contribution >= 4 is 45.0 Å². The lowest BCUT2D eigenvalue weighted by Crippen LogP contribution is -2.40. The van der Waals surface area contributed by atoms with Crippen LogP contribution in [0.5, 0.6) is 5.75 Å². The molecule has 0 aromatic heterocycles. The molecule has 1 aliphatic heterocycles. The predicted octanol–water partition coefficient (Wildman–Crippen LogP) is 4.12. The zero-order valence-electron chi connectivity index (χ0n) is 17.6. The summed E-state index contributed by atoms with van der Waals surface area (Å²) in [6, 6.07) is 9.65. The predicted molar refractivity (Wildman–Crippen MR) is 123 cm³/mol. The van der Waals surface area contributed by atoms with Crippen LogP contribution in [0.2, 0.25) is 5.02 Å². The number of carbonyl (C=O) groups excluding carboxylic acids is 1. The summed E-state index contributed by atoms with van der Waals surface area (Å²) >= 11 is 7.72. The number of nitrogens with one attached hydrogen (secondary N) is 1. The Morgan fingerprint density at radius 3 is 2.55 bits per heavy atom. The maximum Gasteiger partial charge on any atom is 0.257 e. The monoisotopic (exact) mass is 484 g/mol. The van der Waals surface area contributed by atoms with Gasteiger partial charge in [-0.1, -0.05) is 11.6 Å². The second kappa shape index (κ2) is 10.2. The molecule has 7 nitrogen and oxygen atoms in total. The molecular weight excluding hydrogens is 460 g/mol. The summed E-state index contributed by atoms with van der Waals surface area (Å²) in [7, 11) is -3.73. The van der Waals surface area contributed by atoms with E-state index in [1.54, 1.807) is 18.2 Å². The fourth-order valence-corrected chi connectivity index (χ4v) is 5.13.